The zero-order valence-corrected chi connectivity index (χ0v) is 11.8. The van der Waals surface area contributed by atoms with Gasteiger partial charge in [0.05, 0.1) is 5.76 Å². The largest absolute Gasteiger partial charge is 0.512 e. The number of aliphatic hydroxyl groups is 2. The maximum Gasteiger partial charge on any atom is 0.118 e. The maximum absolute atomic E-state index is 10.0. The summed E-state index contributed by atoms with van der Waals surface area (Å²) in [6.07, 6.45) is 5.86. The Kier molecular flexibility index (Phi) is 4.83. The van der Waals surface area contributed by atoms with Crippen molar-refractivity contribution in [2.75, 3.05) is 0 Å². The Morgan fingerprint density at radius 2 is 2.00 bits per heavy atom. The molecule has 0 saturated heterocycles. The Balaban J connectivity index is 3.27. The molecule has 1 aliphatic carbocycles. The second-order valence-electron chi connectivity index (χ2n) is 5.20. The lowest BCUT2D eigenvalue weighted by Gasteiger charge is -2.32. The van der Waals surface area contributed by atoms with Crippen LogP contribution in [-0.4, -0.2) is 10.2 Å². The Hall–Kier alpha value is -1.44. The van der Waals surface area contributed by atoms with Gasteiger partial charge in [-0.1, -0.05) is 23.8 Å². The first-order valence-corrected chi connectivity index (χ1v) is 6.46. The third-order valence-electron chi connectivity index (χ3n) is 3.65. The molecule has 2 atom stereocenters. The molecule has 0 unspecified atom stereocenters. The maximum atomic E-state index is 10.0. The summed E-state index contributed by atoms with van der Waals surface area (Å²) < 4.78 is 0. The van der Waals surface area contributed by atoms with Crippen LogP contribution in [0.15, 0.2) is 47.0 Å². The normalized spacial score (nSPS) is 26.4. The summed E-state index contributed by atoms with van der Waals surface area (Å²) in [6.45, 7) is 11.6. The van der Waals surface area contributed by atoms with Crippen molar-refractivity contribution < 1.29 is 10.2 Å². The molecular weight excluding hydrogens is 224 g/mol. The lowest BCUT2D eigenvalue weighted by atomic mass is 9.73. The molecule has 0 aromatic rings. The molecule has 2 nitrogen and oxygen atoms in total. The molecule has 0 spiro atoms. The number of hydrogen-bond acceptors (Lipinski definition) is 2. The van der Waals surface area contributed by atoms with E-state index < -0.39 is 0 Å². The van der Waals surface area contributed by atoms with E-state index in [4.69, 9.17) is 0 Å². The van der Waals surface area contributed by atoms with E-state index in [0.717, 1.165) is 18.4 Å². The van der Waals surface area contributed by atoms with Crippen molar-refractivity contribution in [3.05, 3.63) is 47.0 Å². The quantitative estimate of drug-likeness (QED) is 0.426. The van der Waals surface area contributed by atoms with Crippen LogP contribution in [0.5, 0.6) is 0 Å². The van der Waals surface area contributed by atoms with E-state index in [1.54, 1.807) is 19.9 Å². The van der Waals surface area contributed by atoms with Crippen LogP contribution in [0, 0.1) is 11.8 Å². The molecule has 0 bridgehead atoms. The van der Waals surface area contributed by atoms with Gasteiger partial charge in [-0.15, -0.1) is 0 Å². The van der Waals surface area contributed by atoms with Crippen LogP contribution in [-0.2, 0) is 0 Å². The van der Waals surface area contributed by atoms with Crippen molar-refractivity contribution in [2.45, 2.75) is 40.5 Å². The lowest BCUT2D eigenvalue weighted by Crippen LogP contribution is -2.22. The molecule has 0 amide bonds. The topological polar surface area (TPSA) is 40.5 Å². The first kappa shape index (κ1) is 14.6. The summed E-state index contributed by atoms with van der Waals surface area (Å²) in [4.78, 5) is 0. The molecule has 2 N–H and O–H groups in total. The zero-order chi connectivity index (χ0) is 13.9. The molecule has 0 aliphatic heterocycles. The van der Waals surface area contributed by atoms with E-state index in [9.17, 15) is 10.2 Å². The standard InChI is InChI=1S/C16H24O2/c1-6-15(18)16(12(5)17)14-9-11(4)7-8-13(14)10(2)3/h6,9,13-14,17-18H,2,7-8H2,1,3-5H3/b15-6+,16-12+/t13-,14+/m0/s1. The van der Waals surface area contributed by atoms with Crippen molar-refractivity contribution in [1.29, 1.82) is 0 Å². The van der Waals surface area contributed by atoms with Gasteiger partial charge in [-0.05, 0) is 52.5 Å². The highest BCUT2D eigenvalue weighted by atomic mass is 16.3. The lowest BCUT2D eigenvalue weighted by molar-refractivity contribution is 0.341. The molecule has 0 aromatic carbocycles. The van der Waals surface area contributed by atoms with Crippen molar-refractivity contribution in [3.63, 3.8) is 0 Å². The predicted molar refractivity (Wildman–Crippen MR) is 76.5 cm³/mol. The van der Waals surface area contributed by atoms with Crippen LogP contribution in [0.25, 0.3) is 0 Å². The van der Waals surface area contributed by atoms with E-state index in [1.165, 1.54) is 5.57 Å². The van der Waals surface area contributed by atoms with Crippen molar-refractivity contribution in [3.8, 4) is 0 Å². The van der Waals surface area contributed by atoms with Gasteiger partial charge in [-0.2, -0.15) is 0 Å². The third-order valence-corrected chi connectivity index (χ3v) is 3.65. The van der Waals surface area contributed by atoms with Crippen LogP contribution in [0.2, 0.25) is 0 Å². The van der Waals surface area contributed by atoms with Crippen LogP contribution in [0.3, 0.4) is 0 Å². The summed E-state index contributed by atoms with van der Waals surface area (Å²) in [5, 5.41) is 19.9. The Labute approximate surface area is 110 Å². The van der Waals surface area contributed by atoms with Gasteiger partial charge >= 0.3 is 0 Å². The molecule has 0 radical (unpaired) electrons. The molecular formula is C16H24O2. The minimum Gasteiger partial charge on any atom is -0.512 e. The fraction of sp³-hybridized carbons (Fsp3) is 0.500. The second kappa shape index (κ2) is 5.94. The van der Waals surface area contributed by atoms with Gasteiger partial charge in [-0.25, -0.2) is 0 Å². The molecule has 0 aromatic heterocycles. The van der Waals surface area contributed by atoms with Crippen molar-refractivity contribution >= 4 is 0 Å². The number of allylic oxidation sites excluding steroid dienone is 6. The van der Waals surface area contributed by atoms with Gasteiger partial charge in [0.25, 0.3) is 0 Å². The smallest absolute Gasteiger partial charge is 0.118 e. The first-order chi connectivity index (χ1) is 8.38. The molecule has 18 heavy (non-hydrogen) atoms. The monoisotopic (exact) mass is 248 g/mol. The molecule has 1 aliphatic rings. The minimum absolute atomic E-state index is 0.0254. The molecule has 2 heteroatoms. The van der Waals surface area contributed by atoms with Gasteiger partial charge < -0.3 is 10.2 Å². The average molecular weight is 248 g/mol. The Bertz CT molecular complexity index is 420. The first-order valence-electron chi connectivity index (χ1n) is 6.46. The van der Waals surface area contributed by atoms with Crippen molar-refractivity contribution in [1.82, 2.24) is 0 Å². The molecule has 1 rings (SSSR count). The fourth-order valence-corrected chi connectivity index (χ4v) is 2.66. The summed E-state index contributed by atoms with van der Waals surface area (Å²) >= 11 is 0. The highest BCUT2D eigenvalue weighted by Crippen LogP contribution is 2.40. The van der Waals surface area contributed by atoms with E-state index in [-0.39, 0.29) is 23.4 Å². The highest BCUT2D eigenvalue weighted by Gasteiger charge is 2.30. The highest BCUT2D eigenvalue weighted by molar-refractivity contribution is 5.36. The summed E-state index contributed by atoms with van der Waals surface area (Å²) in [5.41, 5.74) is 3.04. The van der Waals surface area contributed by atoms with Gasteiger partial charge in [0.2, 0.25) is 0 Å². The zero-order valence-electron chi connectivity index (χ0n) is 11.8. The summed E-state index contributed by atoms with van der Waals surface area (Å²) in [6, 6.07) is 0. The minimum atomic E-state index is 0.0254. The average Bonchev–Trinajstić information content (AvgIpc) is 2.28. The second-order valence-corrected chi connectivity index (χ2v) is 5.20. The molecule has 100 valence electrons. The Morgan fingerprint density at radius 1 is 1.39 bits per heavy atom. The Morgan fingerprint density at radius 3 is 2.44 bits per heavy atom. The number of hydrogen-bond donors (Lipinski definition) is 2. The van der Waals surface area contributed by atoms with Crippen LogP contribution < -0.4 is 0 Å². The van der Waals surface area contributed by atoms with E-state index >= 15 is 0 Å². The van der Waals surface area contributed by atoms with Crippen molar-refractivity contribution in [2.24, 2.45) is 11.8 Å². The molecule has 0 heterocycles. The van der Waals surface area contributed by atoms with E-state index in [1.807, 2.05) is 6.92 Å². The van der Waals surface area contributed by atoms with Crippen LogP contribution >= 0.6 is 0 Å². The van der Waals surface area contributed by atoms with Crippen LogP contribution in [0.1, 0.15) is 40.5 Å². The van der Waals surface area contributed by atoms with Gasteiger partial charge in [0.1, 0.15) is 5.76 Å². The number of rotatable bonds is 3. The predicted octanol–water partition coefficient (Wildman–Crippen LogP) is 4.83. The van der Waals surface area contributed by atoms with Gasteiger partial charge in [0, 0.05) is 11.5 Å². The summed E-state index contributed by atoms with van der Waals surface area (Å²) in [7, 11) is 0. The van der Waals surface area contributed by atoms with Gasteiger partial charge in [0.15, 0.2) is 0 Å². The molecule has 0 fully saturated rings. The van der Waals surface area contributed by atoms with Crippen LogP contribution in [0.4, 0.5) is 0 Å². The summed E-state index contributed by atoms with van der Waals surface area (Å²) in [5.74, 6) is 0.662. The van der Waals surface area contributed by atoms with E-state index in [0.29, 0.717) is 5.57 Å². The SMILES string of the molecule is C=C(C)[C@@H]1CCC(C)=C[C@H]1C(/C(O)=C\C)=C(/C)O. The number of aliphatic hydroxyl groups excluding tert-OH is 2. The van der Waals surface area contributed by atoms with Gasteiger partial charge in [-0.3, -0.25) is 0 Å². The third kappa shape index (κ3) is 3.06. The van der Waals surface area contributed by atoms with E-state index in [2.05, 4.69) is 19.6 Å². The molecule has 0 saturated carbocycles. The fourth-order valence-electron chi connectivity index (χ4n) is 2.66.